The predicted molar refractivity (Wildman–Crippen MR) is 97.2 cm³/mol. The summed E-state index contributed by atoms with van der Waals surface area (Å²) in [7, 11) is 0. The highest BCUT2D eigenvalue weighted by atomic mass is 32.1. The smallest absolute Gasteiger partial charge is 0.135 e. The summed E-state index contributed by atoms with van der Waals surface area (Å²) < 4.78 is 8.67. The lowest BCUT2D eigenvalue weighted by molar-refractivity contribution is -0.0821. The van der Waals surface area contributed by atoms with Gasteiger partial charge in [-0.05, 0) is 30.0 Å². The molecule has 3 aromatic rings. The van der Waals surface area contributed by atoms with Crippen LogP contribution in [0.3, 0.4) is 0 Å². The van der Waals surface area contributed by atoms with Crippen LogP contribution in [-0.4, -0.2) is 38.1 Å². The monoisotopic (exact) mass is 352 g/mol. The third kappa shape index (κ3) is 2.80. The molecule has 0 aliphatic carbocycles. The Kier molecular flexibility index (Phi) is 3.69. The summed E-state index contributed by atoms with van der Waals surface area (Å²) in [6.45, 7) is 4.37. The zero-order chi connectivity index (χ0) is 16.7. The minimum Gasteiger partial charge on any atom is -0.364 e. The summed E-state index contributed by atoms with van der Waals surface area (Å²) in [5, 5.41) is 2.12. The average Bonchev–Trinajstić information content (AvgIpc) is 3.36. The number of likely N-dealkylation sites (tertiary alicyclic amines) is 1. The number of ether oxygens (including phenoxy) is 1. The van der Waals surface area contributed by atoms with Crippen molar-refractivity contribution < 1.29 is 4.74 Å². The maximum atomic E-state index is 6.31. The molecule has 1 saturated heterocycles. The Hall–Kier alpha value is -2.02. The van der Waals surface area contributed by atoms with Gasteiger partial charge in [0, 0.05) is 25.8 Å². The van der Waals surface area contributed by atoms with E-state index in [2.05, 4.69) is 49.1 Å². The molecule has 1 spiro atoms. The molecule has 3 aromatic heterocycles. The zero-order valence-corrected chi connectivity index (χ0v) is 14.8. The van der Waals surface area contributed by atoms with Gasteiger partial charge in [-0.2, -0.15) is 0 Å². The maximum absolute atomic E-state index is 6.31. The van der Waals surface area contributed by atoms with E-state index in [1.807, 2.05) is 18.5 Å². The van der Waals surface area contributed by atoms with Crippen molar-refractivity contribution in [2.24, 2.45) is 0 Å². The van der Waals surface area contributed by atoms with E-state index in [9.17, 15) is 0 Å². The molecule has 1 fully saturated rings. The van der Waals surface area contributed by atoms with Crippen LogP contribution < -0.4 is 0 Å². The maximum Gasteiger partial charge on any atom is 0.135 e. The van der Waals surface area contributed by atoms with E-state index in [0.29, 0.717) is 6.61 Å². The summed E-state index contributed by atoms with van der Waals surface area (Å²) in [6, 6.07) is 10.4. The first-order valence-corrected chi connectivity index (χ1v) is 9.54. The number of rotatable bonds is 3. The number of hydrogen-bond acceptors (Lipinski definition) is 5. The van der Waals surface area contributed by atoms with Crippen LogP contribution in [-0.2, 0) is 24.4 Å². The second kappa shape index (κ2) is 6.05. The molecule has 0 N–H and O–H groups in total. The molecule has 0 unspecified atom stereocenters. The first-order valence-electron chi connectivity index (χ1n) is 8.66. The van der Waals surface area contributed by atoms with E-state index in [4.69, 9.17) is 4.74 Å². The van der Waals surface area contributed by atoms with Crippen molar-refractivity contribution in [2.45, 2.75) is 31.7 Å². The molecule has 0 bridgehead atoms. The molecule has 0 aromatic carbocycles. The molecular weight excluding hydrogens is 332 g/mol. The lowest BCUT2D eigenvalue weighted by atomic mass is 10.0. The predicted octanol–water partition coefficient (Wildman–Crippen LogP) is 3.18. The highest BCUT2D eigenvalue weighted by Crippen LogP contribution is 2.36. The topological polar surface area (TPSA) is 43.2 Å². The van der Waals surface area contributed by atoms with Crippen LogP contribution in [0.4, 0.5) is 0 Å². The van der Waals surface area contributed by atoms with E-state index < -0.39 is 0 Å². The molecule has 5 rings (SSSR count). The molecule has 5 nitrogen and oxygen atoms in total. The normalized spacial score (nSPS) is 23.2. The fourth-order valence-corrected chi connectivity index (χ4v) is 4.65. The Morgan fingerprint density at radius 1 is 1.16 bits per heavy atom. The van der Waals surface area contributed by atoms with Gasteiger partial charge in [-0.3, -0.25) is 9.88 Å². The van der Waals surface area contributed by atoms with Crippen LogP contribution >= 0.6 is 11.3 Å². The van der Waals surface area contributed by atoms with E-state index in [-0.39, 0.29) is 5.60 Å². The summed E-state index contributed by atoms with van der Waals surface area (Å²) in [4.78, 5) is 12.8. The number of imidazole rings is 1. The van der Waals surface area contributed by atoms with Gasteiger partial charge in [0.05, 0.1) is 29.0 Å². The Balaban J connectivity index is 1.36. The first-order chi connectivity index (χ1) is 12.3. The van der Waals surface area contributed by atoms with Gasteiger partial charge >= 0.3 is 0 Å². The van der Waals surface area contributed by atoms with Gasteiger partial charge in [-0.1, -0.05) is 12.1 Å². The fourth-order valence-electron chi connectivity index (χ4n) is 3.91. The second-order valence-corrected chi connectivity index (χ2v) is 7.82. The summed E-state index contributed by atoms with van der Waals surface area (Å²) >= 11 is 1.77. The van der Waals surface area contributed by atoms with Gasteiger partial charge in [0.1, 0.15) is 18.0 Å². The zero-order valence-electron chi connectivity index (χ0n) is 14.0. The van der Waals surface area contributed by atoms with Gasteiger partial charge in [-0.15, -0.1) is 11.3 Å². The van der Waals surface area contributed by atoms with Crippen LogP contribution in [0.1, 0.15) is 17.9 Å². The first kappa shape index (κ1) is 15.3. The van der Waals surface area contributed by atoms with Crippen molar-refractivity contribution in [3.8, 4) is 10.6 Å². The quantitative estimate of drug-likeness (QED) is 0.726. The van der Waals surface area contributed by atoms with Crippen LogP contribution in [0.15, 0.2) is 48.1 Å². The van der Waals surface area contributed by atoms with Gasteiger partial charge in [0.15, 0.2) is 0 Å². The third-order valence-electron chi connectivity index (χ3n) is 5.17. The summed E-state index contributed by atoms with van der Waals surface area (Å²) in [5.74, 6) is 1.04. The summed E-state index contributed by atoms with van der Waals surface area (Å²) in [5.41, 5.74) is 2.24. The number of pyridine rings is 1. The molecule has 1 atom stereocenters. The highest BCUT2D eigenvalue weighted by Gasteiger charge is 2.43. The van der Waals surface area contributed by atoms with Crippen molar-refractivity contribution in [3.05, 3.63) is 59.6 Å². The molecule has 0 radical (unpaired) electrons. The standard InChI is InChI=1S/C19H20N4OS/c1-2-7-20-15(4-1)11-22-8-6-19(13-22)14-23-16(17-5-3-9-25-17)10-21-18(23)12-24-19/h1-5,7,9-10H,6,8,11-14H2/t19-/m0/s1. The number of aromatic nitrogens is 3. The van der Waals surface area contributed by atoms with Crippen molar-refractivity contribution >= 4 is 11.3 Å². The van der Waals surface area contributed by atoms with Crippen LogP contribution in [0.2, 0.25) is 0 Å². The van der Waals surface area contributed by atoms with Gasteiger partial charge in [0.2, 0.25) is 0 Å². The molecule has 5 heterocycles. The molecule has 0 amide bonds. The largest absolute Gasteiger partial charge is 0.364 e. The minimum atomic E-state index is -0.103. The van der Waals surface area contributed by atoms with Crippen LogP contribution in [0, 0.1) is 0 Å². The Morgan fingerprint density at radius 3 is 3.00 bits per heavy atom. The third-order valence-corrected chi connectivity index (χ3v) is 6.07. The molecule has 0 saturated carbocycles. The van der Waals surface area contributed by atoms with Crippen LogP contribution in [0.5, 0.6) is 0 Å². The second-order valence-electron chi connectivity index (χ2n) is 6.88. The Labute approximate surface area is 150 Å². The SMILES string of the molecule is c1ccc(CN2CC[C@]3(C2)Cn2c(-c4cccs4)cnc2CO3)nc1. The lowest BCUT2D eigenvalue weighted by Crippen LogP contribution is -2.44. The fraction of sp³-hybridized carbons (Fsp3) is 0.368. The Morgan fingerprint density at radius 2 is 2.16 bits per heavy atom. The lowest BCUT2D eigenvalue weighted by Gasteiger charge is -2.35. The minimum absolute atomic E-state index is 0.103. The number of hydrogen-bond donors (Lipinski definition) is 0. The van der Waals surface area contributed by atoms with Crippen molar-refractivity contribution in [2.75, 3.05) is 13.1 Å². The molecule has 128 valence electrons. The van der Waals surface area contributed by atoms with Crippen molar-refractivity contribution in [1.82, 2.24) is 19.4 Å². The number of nitrogens with zero attached hydrogens (tertiary/aromatic N) is 4. The van der Waals surface area contributed by atoms with Crippen molar-refractivity contribution in [3.63, 3.8) is 0 Å². The van der Waals surface area contributed by atoms with Gasteiger partial charge in [-0.25, -0.2) is 4.98 Å². The van der Waals surface area contributed by atoms with E-state index >= 15 is 0 Å². The molecular formula is C19H20N4OS. The van der Waals surface area contributed by atoms with E-state index in [1.54, 1.807) is 11.3 Å². The van der Waals surface area contributed by atoms with E-state index in [0.717, 1.165) is 44.1 Å². The highest BCUT2D eigenvalue weighted by molar-refractivity contribution is 7.13. The van der Waals surface area contributed by atoms with E-state index in [1.165, 1.54) is 10.6 Å². The average molecular weight is 352 g/mol. The molecule has 2 aliphatic rings. The number of thiophene rings is 1. The van der Waals surface area contributed by atoms with Gasteiger partial charge < -0.3 is 9.30 Å². The Bertz CT molecular complexity index is 861. The molecule has 2 aliphatic heterocycles. The number of fused-ring (bicyclic) bond motifs is 1. The van der Waals surface area contributed by atoms with Crippen LogP contribution in [0.25, 0.3) is 10.6 Å². The molecule has 25 heavy (non-hydrogen) atoms. The molecule has 6 heteroatoms. The summed E-state index contributed by atoms with van der Waals surface area (Å²) in [6.07, 6.45) is 4.91. The van der Waals surface area contributed by atoms with Crippen molar-refractivity contribution in [1.29, 1.82) is 0 Å². The van der Waals surface area contributed by atoms with Gasteiger partial charge in [0.25, 0.3) is 0 Å².